The van der Waals surface area contributed by atoms with E-state index in [1.165, 1.54) is 25.7 Å². The second-order valence-electron chi connectivity index (χ2n) is 9.96. The van der Waals surface area contributed by atoms with Gasteiger partial charge < -0.3 is 18.9 Å². The van der Waals surface area contributed by atoms with Crippen LogP contribution in [0, 0.1) is 0 Å². The van der Waals surface area contributed by atoms with E-state index >= 15 is 0 Å². The lowest BCUT2D eigenvalue weighted by molar-refractivity contribution is 0.00578. The number of carbonyl (C=O) groups is 1. The Bertz CT molecular complexity index is 707. The van der Waals surface area contributed by atoms with Crippen molar-refractivity contribution in [1.82, 2.24) is 4.90 Å². The maximum Gasteiger partial charge on any atom is 0.494 e. The summed E-state index contributed by atoms with van der Waals surface area (Å²) in [5.41, 5.74) is 0.661. The van der Waals surface area contributed by atoms with Gasteiger partial charge in [0.05, 0.1) is 23.9 Å². The van der Waals surface area contributed by atoms with Crippen molar-refractivity contribution in [2.75, 3.05) is 20.2 Å². The molecule has 1 heterocycles. The van der Waals surface area contributed by atoms with E-state index in [9.17, 15) is 4.79 Å². The van der Waals surface area contributed by atoms with E-state index in [1.807, 2.05) is 50.8 Å². The number of rotatable bonds is 13. The predicted octanol–water partition coefficient (Wildman–Crippen LogP) is 5.60. The number of hydrogen-bond acceptors (Lipinski definition) is 4. The summed E-state index contributed by atoms with van der Waals surface area (Å²) in [7, 11) is 1.14. The molecule has 0 bridgehead atoms. The number of carbonyl (C=O) groups excluding carboxylic acids is 1. The van der Waals surface area contributed by atoms with Gasteiger partial charge in [0.2, 0.25) is 0 Å². The first kappa shape index (κ1) is 26.7. The highest BCUT2D eigenvalue weighted by molar-refractivity contribution is 6.62. The van der Waals surface area contributed by atoms with E-state index in [0.29, 0.717) is 11.3 Å². The molecule has 1 aromatic rings. The quantitative estimate of drug-likeness (QED) is 0.293. The van der Waals surface area contributed by atoms with Gasteiger partial charge in [0, 0.05) is 13.1 Å². The van der Waals surface area contributed by atoms with Gasteiger partial charge in [-0.25, -0.2) is 0 Å². The maximum absolute atomic E-state index is 13.5. The normalized spacial score (nSPS) is 16.9. The Labute approximate surface area is 196 Å². The second-order valence-corrected chi connectivity index (χ2v) is 9.96. The van der Waals surface area contributed by atoms with Crippen LogP contribution < -0.4 is 10.2 Å². The van der Waals surface area contributed by atoms with Crippen molar-refractivity contribution in [1.29, 1.82) is 0 Å². The molecule has 0 unspecified atom stereocenters. The first-order valence-electron chi connectivity index (χ1n) is 12.5. The zero-order valence-corrected chi connectivity index (χ0v) is 21.5. The average molecular weight is 445 g/mol. The van der Waals surface area contributed by atoms with Crippen LogP contribution in [0.5, 0.6) is 5.75 Å². The van der Waals surface area contributed by atoms with Crippen LogP contribution in [0.15, 0.2) is 18.2 Å². The van der Waals surface area contributed by atoms with Crippen molar-refractivity contribution < 1.29 is 18.8 Å². The minimum absolute atomic E-state index is 0.0512. The zero-order chi connectivity index (χ0) is 23.8. The number of hydrogen-bond donors (Lipinski definition) is 0. The molecule has 0 N–H and O–H groups in total. The summed E-state index contributed by atoms with van der Waals surface area (Å²) in [5, 5.41) is 0. The number of benzene rings is 1. The minimum Gasteiger partial charge on any atom is -0.496 e. The molecule has 0 atom stereocenters. The molecule has 5 nitrogen and oxygen atoms in total. The fourth-order valence-electron chi connectivity index (χ4n) is 3.95. The molecule has 1 aliphatic heterocycles. The lowest BCUT2D eigenvalue weighted by atomic mass is 9.78. The Morgan fingerprint density at radius 1 is 0.906 bits per heavy atom. The first-order chi connectivity index (χ1) is 15.2. The van der Waals surface area contributed by atoms with Crippen molar-refractivity contribution in [2.24, 2.45) is 0 Å². The lowest BCUT2D eigenvalue weighted by Crippen LogP contribution is -2.41. The SMILES string of the molecule is CCCCCCN(CCCCCC)C(=O)c1ccc(B2OC(C)(C)C(C)(C)O2)cc1OC. The summed E-state index contributed by atoms with van der Waals surface area (Å²) in [6.45, 7) is 14.2. The van der Waals surface area contributed by atoms with Gasteiger partial charge in [0.1, 0.15) is 5.75 Å². The second kappa shape index (κ2) is 12.1. The van der Waals surface area contributed by atoms with Gasteiger partial charge >= 0.3 is 7.12 Å². The molecule has 2 rings (SSSR count). The monoisotopic (exact) mass is 445 g/mol. The molecule has 1 saturated heterocycles. The molecule has 0 aliphatic carbocycles. The van der Waals surface area contributed by atoms with Crippen LogP contribution in [0.2, 0.25) is 0 Å². The maximum atomic E-state index is 13.5. The lowest BCUT2D eigenvalue weighted by Gasteiger charge is -2.32. The Morgan fingerprint density at radius 3 is 1.91 bits per heavy atom. The molecule has 1 amide bonds. The number of unbranched alkanes of at least 4 members (excludes halogenated alkanes) is 6. The van der Waals surface area contributed by atoms with Crippen molar-refractivity contribution >= 4 is 18.5 Å². The van der Waals surface area contributed by atoms with E-state index in [0.717, 1.165) is 44.2 Å². The topological polar surface area (TPSA) is 48.0 Å². The fourth-order valence-corrected chi connectivity index (χ4v) is 3.95. The predicted molar refractivity (Wildman–Crippen MR) is 133 cm³/mol. The van der Waals surface area contributed by atoms with Gasteiger partial charge in [-0.05, 0) is 58.1 Å². The van der Waals surface area contributed by atoms with Crippen molar-refractivity contribution in [3.8, 4) is 5.75 Å². The van der Waals surface area contributed by atoms with E-state index in [2.05, 4.69) is 13.8 Å². The molecular weight excluding hydrogens is 401 g/mol. The van der Waals surface area contributed by atoms with Crippen LogP contribution in [0.25, 0.3) is 0 Å². The summed E-state index contributed by atoms with van der Waals surface area (Å²) in [4.78, 5) is 15.5. The molecule has 1 aliphatic rings. The Hall–Kier alpha value is -1.53. The number of amides is 1. The summed E-state index contributed by atoms with van der Waals surface area (Å²) < 4.78 is 18.0. The van der Waals surface area contributed by atoms with Gasteiger partial charge in [0.15, 0.2) is 0 Å². The van der Waals surface area contributed by atoms with Gasteiger partial charge in [-0.3, -0.25) is 4.79 Å². The molecule has 0 spiro atoms. The highest BCUT2D eigenvalue weighted by atomic mass is 16.7. The summed E-state index contributed by atoms with van der Waals surface area (Å²) in [6, 6.07) is 5.69. The summed E-state index contributed by atoms with van der Waals surface area (Å²) in [6.07, 6.45) is 9.22. The van der Waals surface area contributed by atoms with E-state index < -0.39 is 18.3 Å². The summed E-state index contributed by atoms with van der Waals surface area (Å²) >= 11 is 0. The van der Waals surface area contributed by atoms with Crippen molar-refractivity contribution in [3.05, 3.63) is 23.8 Å². The smallest absolute Gasteiger partial charge is 0.494 e. The van der Waals surface area contributed by atoms with Crippen LogP contribution >= 0.6 is 0 Å². The third-order valence-corrected chi connectivity index (χ3v) is 6.83. The Morgan fingerprint density at radius 2 is 1.44 bits per heavy atom. The van der Waals surface area contributed by atoms with Crippen LogP contribution in [-0.4, -0.2) is 49.3 Å². The van der Waals surface area contributed by atoms with Gasteiger partial charge in [-0.15, -0.1) is 0 Å². The number of methoxy groups -OCH3 is 1. The average Bonchev–Trinajstić information content (AvgIpc) is 2.98. The minimum atomic E-state index is -0.475. The summed E-state index contributed by atoms with van der Waals surface area (Å²) in [5.74, 6) is 0.629. The molecule has 6 heteroatoms. The molecule has 0 radical (unpaired) electrons. The standard InChI is InChI=1S/C26H44BNO4/c1-8-10-12-14-18-28(19-15-13-11-9-2)24(29)22-17-16-21(20-23(22)30-7)27-31-25(3,4)26(5,6)32-27/h16-17,20H,8-15,18-19H2,1-7H3. The first-order valence-corrected chi connectivity index (χ1v) is 12.5. The van der Waals surface area contributed by atoms with Gasteiger partial charge in [-0.1, -0.05) is 58.4 Å². The highest BCUT2D eigenvalue weighted by Gasteiger charge is 2.51. The molecular formula is C26H44BNO4. The molecule has 0 saturated carbocycles. The Kier molecular flexibility index (Phi) is 10.1. The van der Waals surface area contributed by atoms with Crippen LogP contribution in [0.1, 0.15) is 103 Å². The molecule has 180 valence electrons. The number of ether oxygens (including phenoxy) is 1. The Balaban J connectivity index is 2.17. The number of nitrogens with zero attached hydrogens (tertiary/aromatic N) is 1. The van der Waals surface area contributed by atoms with Gasteiger partial charge in [-0.2, -0.15) is 0 Å². The molecule has 0 aromatic heterocycles. The third kappa shape index (κ3) is 6.74. The molecule has 1 aromatic carbocycles. The van der Waals surface area contributed by atoms with E-state index in [4.69, 9.17) is 14.0 Å². The van der Waals surface area contributed by atoms with Gasteiger partial charge in [0.25, 0.3) is 5.91 Å². The molecule has 32 heavy (non-hydrogen) atoms. The van der Waals surface area contributed by atoms with Crippen LogP contribution in [0.4, 0.5) is 0 Å². The van der Waals surface area contributed by atoms with E-state index in [-0.39, 0.29) is 5.91 Å². The van der Waals surface area contributed by atoms with Crippen LogP contribution in [-0.2, 0) is 9.31 Å². The molecule has 1 fully saturated rings. The highest BCUT2D eigenvalue weighted by Crippen LogP contribution is 2.36. The third-order valence-electron chi connectivity index (χ3n) is 6.83. The zero-order valence-electron chi connectivity index (χ0n) is 21.5. The van der Waals surface area contributed by atoms with Crippen molar-refractivity contribution in [3.63, 3.8) is 0 Å². The van der Waals surface area contributed by atoms with Crippen LogP contribution in [0.3, 0.4) is 0 Å². The largest absolute Gasteiger partial charge is 0.496 e. The fraction of sp³-hybridized carbons (Fsp3) is 0.731. The van der Waals surface area contributed by atoms with Crippen molar-refractivity contribution in [2.45, 2.75) is 104 Å². The van der Waals surface area contributed by atoms with E-state index in [1.54, 1.807) is 7.11 Å².